The number of nitrogens with one attached hydrogen (secondary N) is 2. The summed E-state index contributed by atoms with van der Waals surface area (Å²) in [5.41, 5.74) is 9.87. The van der Waals surface area contributed by atoms with Crippen LogP contribution < -0.4 is 10.6 Å². The third-order valence-electron chi connectivity index (χ3n) is 10.8. The van der Waals surface area contributed by atoms with E-state index >= 15 is 0 Å². The molecule has 0 aromatic heterocycles. The fraction of sp³-hybridized carbons (Fsp3) is 0.308. The second kappa shape index (κ2) is 9.28. The maximum atomic E-state index is 5.36. The van der Waals surface area contributed by atoms with Crippen LogP contribution >= 0.6 is 0 Å². The number of aliphatic imine (C=N–C) groups is 1. The van der Waals surface area contributed by atoms with E-state index in [1.807, 2.05) is 0 Å². The van der Waals surface area contributed by atoms with E-state index in [-0.39, 0.29) is 23.2 Å². The Balaban J connectivity index is 1.22. The van der Waals surface area contributed by atoms with Crippen LogP contribution in [-0.4, -0.2) is 5.84 Å². The molecule has 3 aromatic rings. The van der Waals surface area contributed by atoms with Gasteiger partial charge in [0.25, 0.3) is 0 Å². The first-order valence-corrected chi connectivity index (χ1v) is 15.5. The molecule has 2 N–H and O–H groups in total. The summed E-state index contributed by atoms with van der Waals surface area (Å²) in [6, 6.07) is 30.4. The maximum absolute atomic E-state index is 5.36. The first kappa shape index (κ1) is 25.7. The van der Waals surface area contributed by atoms with Crippen LogP contribution in [0.3, 0.4) is 0 Å². The van der Waals surface area contributed by atoms with E-state index in [1.54, 1.807) is 0 Å². The monoisotopic (exact) mass is 549 g/mol. The van der Waals surface area contributed by atoms with Crippen LogP contribution in [0.5, 0.6) is 0 Å². The van der Waals surface area contributed by atoms with Crippen LogP contribution in [0.2, 0.25) is 0 Å². The fourth-order valence-electron chi connectivity index (χ4n) is 8.67. The molecule has 0 radical (unpaired) electrons. The summed E-state index contributed by atoms with van der Waals surface area (Å²) in [4.78, 5) is 5.36. The quantitative estimate of drug-likeness (QED) is 0.345. The third kappa shape index (κ3) is 3.72. The van der Waals surface area contributed by atoms with Crippen molar-refractivity contribution in [3.05, 3.63) is 154 Å². The molecular weight excluding hydrogens is 510 g/mol. The van der Waals surface area contributed by atoms with Gasteiger partial charge in [-0.15, -0.1) is 0 Å². The minimum absolute atomic E-state index is 0.0253. The van der Waals surface area contributed by atoms with Gasteiger partial charge in [-0.05, 0) is 55.7 Å². The second-order valence-electron chi connectivity index (χ2n) is 13.7. The lowest BCUT2D eigenvalue weighted by molar-refractivity contribution is 0.316. The Labute approximate surface area is 249 Å². The third-order valence-corrected chi connectivity index (χ3v) is 10.8. The molecule has 0 bridgehead atoms. The van der Waals surface area contributed by atoms with Crippen LogP contribution in [0.25, 0.3) is 0 Å². The summed E-state index contributed by atoms with van der Waals surface area (Å²) in [6.07, 6.45) is 12.2. The van der Waals surface area contributed by atoms with Gasteiger partial charge >= 0.3 is 0 Å². The predicted molar refractivity (Wildman–Crippen MR) is 172 cm³/mol. The van der Waals surface area contributed by atoms with Crippen molar-refractivity contribution in [3.63, 3.8) is 0 Å². The van der Waals surface area contributed by atoms with Crippen LogP contribution in [0.15, 0.2) is 137 Å². The van der Waals surface area contributed by atoms with Crippen molar-refractivity contribution in [3.8, 4) is 0 Å². The molecule has 1 aliphatic heterocycles. The van der Waals surface area contributed by atoms with Gasteiger partial charge in [0, 0.05) is 17.8 Å². The second-order valence-corrected chi connectivity index (χ2v) is 13.7. The Hall–Kier alpha value is -3.95. The van der Waals surface area contributed by atoms with Crippen molar-refractivity contribution in [2.45, 2.75) is 51.4 Å². The summed E-state index contributed by atoms with van der Waals surface area (Å²) in [5.74, 6) is 2.58. The molecule has 1 fully saturated rings. The van der Waals surface area contributed by atoms with Gasteiger partial charge in [0.05, 0.1) is 0 Å². The molecule has 0 saturated heterocycles. The van der Waals surface area contributed by atoms with Crippen molar-refractivity contribution in [2.24, 2.45) is 28.2 Å². The van der Waals surface area contributed by atoms with Crippen LogP contribution in [-0.2, 0) is 5.41 Å². The summed E-state index contributed by atoms with van der Waals surface area (Å²) in [7, 11) is 0. The molecule has 0 amide bonds. The molecule has 6 unspecified atom stereocenters. The Kier molecular flexibility index (Phi) is 5.68. The minimum atomic E-state index is -0.125. The van der Waals surface area contributed by atoms with Crippen LogP contribution in [0, 0.1) is 23.2 Å². The lowest BCUT2D eigenvalue weighted by Crippen LogP contribution is -2.47. The number of allylic oxidation sites excluding steroid dienone is 7. The lowest BCUT2D eigenvalue weighted by Gasteiger charge is -2.39. The van der Waals surface area contributed by atoms with Gasteiger partial charge in [0.1, 0.15) is 18.2 Å². The molecule has 3 nitrogen and oxygen atoms in total. The highest BCUT2D eigenvalue weighted by Gasteiger charge is 2.55. The molecule has 3 aromatic carbocycles. The molecule has 4 aliphatic carbocycles. The maximum Gasteiger partial charge on any atom is 0.129 e. The van der Waals surface area contributed by atoms with Crippen molar-refractivity contribution in [1.29, 1.82) is 0 Å². The SMILES string of the molecule is CC1(C)C2=CC3C(C=C2C2C=CC=C(C4=NC(c5ccccc5)NC(c5ccccc5)N4)C21)c1ccccc1C3(C)C. The average Bonchev–Trinajstić information content (AvgIpc) is 3.40. The smallest absolute Gasteiger partial charge is 0.129 e. The minimum Gasteiger partial charge on any atom is -0.351 e. The summed E-state index contributed by atoms with van der Waals surface area (Å²) in [5, 5.41) is 7.60. The van der Waals surface area contributed by atoms with Gasteiger partial charge in [-0.3, -0.25) is 5.32 Å². The van der Waals surface area contributed by atoms with Crippen LogP contribution in [0.1, 0.15) is 68.2 Å². The van der Waals surface area contributed by atoms with Gasteiger partial charge in [-0.1, -0.05) is 143 Å². The van der Waals surface area contributed by atoms with Crippen molar-refractivity contribution >= 4 is 5.84 Å². The number of hydrogen-bond donors (Lipinski definition) is 2. The summed E-state index contributed by atoms with van der Waals surface area (Å²) >= 11 is 0. The van der Waals surface area contributed by atoms with E-state index in [9.17, 15) is 0 Å². The Morgan fingerprint density at radius 1 is 0.690 bits per heavy atom. The zero-order valence-electron chi connectivity index (χ0n) is 24.9. The molecule has 1 saturated carbocycles. The highest BCUT2D eigenvalue weighted by Crippen LogP contribution is 2.64. The molecule has 0 spiro atoms. The van der Waals surface area contributed by atoms with Crippen molar-refractivity contribution in [2.75, 3.05) is 0 Å². The van der Waals surface area contributed by atoms with Gasteiger partial charge in [0.15, 0.2) is 0 Å². The molecule has 1 heterocycles. The number of amidine groups is 1. The van der Waals surface area contributed by atoms with Gasteiger partial charge < -0.3 is 5.32 Å². The summed E-state index contributed by atoms with van der Waals surface area (Å²) in [6.45, 7) is 9.80. The zero-order valence-corrected chi connectivity index (χ0v) is 24.9. The number of rotatable bonds is 3. The molecule has 42 heavy (non-hydrogen) atoms. The van der Waals surface area contributed by atoms with Gasteiger partial charge in [-0.25, -0.2) is 4.99 Å². The largest absolute Gasteiger partial charge is 0.351 e. The first-order chi connectivity index (χ1) is 20.3. The molecule has 210 valence electrons. The fourth-order valence-corrected chi connectivity index (χ4v) is 8.67. The normalized spacial score (nSPS) is 31.3. The molecule has 3 heteroatoms. The number of nitrogens with zero attached hydrogens (tertiary/aromatic N) is 1. The standard InChI is InChI=1S/C39H39N3/c1-38(2)31-21-12-11-18-26(31)29-22-30-27-19-13-20-28(34(27)39(3,4)33(30)23-32(29)38)37-41-35(24-14-7-5-8-15-24)40-36(42-37)25-16-9-6-10-17-25/h5-23,27,29,32,34-36,40H,1-4H3,(H,41,42). The van der Waals surface area contributed by atoms with Gasteiger partial charge in [-0.2, -0.15) is 0 Å². The molecule has 6 atom stereocenters. The number of fused-ring (bicyclic) bond motifs is 6. The van der Waals surface area contributed by atoms with E-state index < -0.39 is 0 Å². The molecule has 5 aliphatic rings. The van der Waals surface area contributed by atoms with Crippen molar-refractivity contribution < 1.29 is 0 Å². The number of benzene rings is 3. The highest BCUT2D eigenvalue weighted by atomic mass is 15.3. The Morgan fingerprint density at radius 2 is 1.38 bits per heavy atom. The van der Waals surface area contributed by atoms with E-state index in [4.69, 9.17) is 4.99 Å². The average molecular weight is 550 g/mol. The van der Waals surface area contributed by atoms with Crippen molar-refractivity contribution in [1.82, 2.24) is 10.6 Å². The van der Waals surface area contributed by atoms with E-state index in [1.165, 1.54) is 39.0 Å². The summed E-state index contributed by atoms with van der Waals surface area (Å²) < 4.78 is 0. The van der Waals surface area contributed by atoms with E-state index in [2.05, 4.69) is 154 Å². The molecule has 8 rings (SSSR count). The number of hydrogen-bond acceptors (Lipinski definition) is 3. The lowest BCUT2D eigenvalue weighted by atomic mass is 9.68. The topological polar surface area (TPSA) is 36.4 Å². The first-order valence-electron chi connectivity index (χ1n) is 15.5. The predicted octanol–water partition coefficient (Wildman–Crippen LogP) is 8.30. The van der Waals surface area contributed by atoms with Gasteiger partial charge in [0.2, 0.25) is 0 Å². The molecular formula is C39H39N3. The van der Waals surface area contributed by atoms with E-state index in [0.717, 1.165) is 5.84 Å². The van der Waals surface area contributed by atoms with E-state index in [0.29, 0.717) is 23.7 Å². The Bertz CT molecular complexity index is 1700. The Morgan fingerprint density at radius 3 is 2.14 bits per heavy atom. The highest BCUT2D eigenvalue weighted by molar-refractivity contribution is 6.00. The van der Waals surface area contributed by atoms with Crippen LogP contribution in [0.4, 0.5) is 0 Å². The zero-order chi connectivity index (χ0) is 28.6.